The van der Waals surface area contributed by atoms with Crippen LogP contribution in [0.1, 0.15) is 82.4 Å². The molecule has 2 unspecified atom stereocenters. The van der Waals surface area contributed by atoms with Crippen molar-refractivity contribution in [1.29, 1.82) is 0 Å². The van der Waals surface area contributed by atoms with Crippen LogP contribution in [0.3, 0.4) is 0 Å². The normalized spacial score (nSPS) is 13.6. The van der Waals surface area contributed by atoms with Crippen LogP contribution >= 0.6 is 45.3 Å². The van der Waals surface area contributed by atoms with Crippen LogP contribution in [0, 0.1) is 11.8 Å². The first kappa shape index (κ1) is 27.1. The van der Waals surface area contributed by atoms with Crippen molar-refractivity contribution >= 4 is 65.5 Å². The summed E-state index contributed by atoms with van der Waals surface area (Å²) in [6, 6.07) is 14.3. The summed E-state index contributed by atoms with van der Waals surface area (Å²) in [7, 11) is 0. The molecular formula is C33H40S4. The van der Waals surface area contributed by atoms with E-state index in [1.807, 2.05) is 45.3 Å². The van der Waals surface area contributed by atoms with Crippen LogP contribution in [0.15, 0.2) is 47.2 Å². The van der Waals surface area contributed by atoms with Crippen molar-refractivity contribution in [3.05, 3.63) is 56.9 Å². The molecule has 196 valence electrons. The predicted molar refractivity (Wildman–Crippen MR) is 173 cm³/mol. The largest absolute Gasteiger partial charge is 0.143 e. The fourth-order valence-electron chi connectivity index (χ4n) is 5.60. The molecule has 0 radical (unpaired) electrons. The molecule has 0 N–H and O–H groups in total. The Morgan fingerprint density at radius 1 is 0.649 bits per heavy atom. The number of fused-ring (bicyclic) bond motifs is 2. The first-order valence-electron chi connectivity index (χ1n) is 14.2. The third-order valence-electron chi connectivity index (χ3n) is 7.77. The van der Waals surface area contributed by atoms with Crippen LogP contribution in [0.2, 0.25) is 0 Å². The van der Waals surface area contributed by atoms with Crippen LogP contribution in [-0.2, 0) is 12.8 Å². The van der Waals surface area contributed by atoms with Gasteiger partial charge in [-0.15, -0.1) is 45.3 Å². The Bertz CT molecular complexity index is 1370. The Balaban J connectivity index is 1.50. The van der Waals surface area contributed by atoms with Gasteiger partial charge in [0.15, 0.2) is 0 Å². The molecule has 0 aliphatic heterocycles. The Kier molecular flexibility index (Phi) is 9.23. The molecule has 0 aliphatic rings. The van der Waals surface area contributed by atoms with Gasteiger partial charge in [-0.05, 0) is 71.8 Å². The van der Waals surface area contributed by atoms with E-state index in [0.717, 1.165) is 11.8 Å². The Labute approximate surface area is 239 Å². The smallest absolute Gasteiger partial charge is 0.0442 e. The predicted octanol–water partition coefficient (Wildman–Crippen LogP) is 12.7. The minimum Gasteiger partial charge on any atom is -0.143 e. The van der Waals surface area contributed by atoms with Gasteiger partial charge in [0.05, 0.1) is 0 Å². The molecule has 0 saturated carbocycles. The summed E-state index contributed by atoms with van der Waals surface area (Å²) in [6.45, 7) is 9.38. The van der Waals surface area contributed by atoms with E-state index < -0.39 is 0 Å². The van der Waals surface area contributed by atoms with Crippen LogP contribution in [-0.4, -0.2) is 0 Å². The van der Waals surface area contributed by atoms with Gasteiger partial charge in [0.1, 0.15) is 0 Å². The molecule has 5 aromatic rings. The summed E-state index contributed by atoms with van der Waals surface area (Å²) in [6.07, 6.45) is 11.7. The van der Waals surface area contributed by atoms with Crippen molar-refractivity contribution in [2.24, 2.45) is 11.8 Å². The summed E-state index contributed by atoms with van der Waals surface area (Å²) in [5.74, 6) is 1.58. The molecule has 1 aromatic carbocycles. The van der Waals surface area contributed by atoms with Crippen molar-refractivity contribution in [2.75, 3.05) is 0 Å². The van der Waals surface area contributed by atoms with E-state index in [2.05, 4.69) is 74.9 Å². The fraction of sp³-hybridized carbons (Fsp3) is 0.455. The van der Waals surface area contributed by atoms with Crippen molar-refractivity contribution < 1.29 is 0 Å². The van der Waals surface area contributed by atoms with Crippen molar-refractivity contribution in [2.45, 2.75) is 85.5 Å². The maximum absolute atomic E-state index is 2.42. The second-order valence-electron chi connectivity index (χ2n) is 10.7. The molecule has 37 heavy (non-hydrogen) atoms. The summed E-state index contributed by atoms with van der Waals surface area (Å²) in [5.41, 5.74) is 2.93. The third-order valence-corrected chi connectivity index (χ3v) is 11.9. The monoisotopic (exact) mass is 564 g/mol. The average molecular weight is 565 g/mol. The van der Waals surface area contributed by atoms with Crippen molar-refractivity contribution in [3.63, 3.8) is 0 Å². The summed E-state index contributed by atoms with van der Waals surface area (Å²) < 4.78 is 2.91. The summed E-state index contributed by atoms with van der Waals surface area (Å²) >= 11 is 7.89. The summed E-state index contributed by atoms with van der Waals surface area (Å²) in [4.78, 5) is 5.97. The number of unbranched alkanes of at least 4 members (excludes halogenated alkanes) is 2. The number of benzene rings is 1. The lowest BCUT2D eigenvalue weighted by Gasteiger charge is -2.13. The van der Waals surface area contributed by atoms with Crippen LogP contribution in [0.4, 0.5) is 0 Å². The number of rotatable bonds is 13. The lowest BCUT2D eigenvalue weighted by molar-refractivity contribution is 0.452. The first-order valence-corrected chi connectivity index (χ1v) is 17.6. The van der Waals surface area contributed by atoms with E-state index in [0.29, 0.717) is 0 Å². The second-order valence-corrected chi connectivity index (χ2v) is 14.8. The van der Waals surface area contributed by atoms with Crippen LogP contribution < -0.4 is 0 Å². The van der Waals surface area contributed by atoms with E-state index in [1.165, 1.54) is 104 Å². The van der Waals surface area contributed by atoms with E-state index in [1.54, 1.807) is 4.88 Å². The minimum atomic E-state index is 0.763. The average Bonchev–Trinajstić information content (AvgIpc) is 3.71. The van der Waals surface area contributed by atoms with Gasteiger partial charge in [0.2, 0.25) is 0 Å². The van der Waals surface area contributed by atoms with Gasteiger partial charge < -0.3 is 0 Å². The van der Waals surface area contributed by atoms with Gasteiger partial charge in [-0.1, -0.05) is 72.6 Å². The van der Waals surface area contributed by atoms with Gasteiger partial charge in [-0.25, -0.2) is 0 Å². The molecule has 5 rings (SSSR count). The highest BCUT2D eigenvalue weighted by Gasteiger charge is 2.21. The molecule has 0 bridgehead atoms. The topological polar surface area (TPSA) is 0 Å². The zero-order chi connectivity index (χ0) is 25.8. The molecule has 0 fully saturated rings. The van der Waals surface area contributed by atoms with E-state index in [-0.39, 0.29) is 0 Å². The standard InChI is InChI=1S/C33H40S4/c1-5-8-10-22(4)20-24-12-14-28(36-24)30-26-16-18-35-33(26)31(27-17-19-34-32(27)30)29-15-13-25(37-29)21-23(7-3)11-9-6-2/h12-19,22-23H,5-11,20-21H2,1-4H3. The van der Waals surface area contributed by atoms with Crippen LogP contribution in [0.5, 0.6) is 0 Å². The van der Waals surface area contributed by atoms with E-state index in [9.17, 15) is 0 Å². The van der Waals surface area contributed by atoms with E-state index in [4.69, 9.17) is 0 Å². The van der Waals surface area contributed by atoms with Gasteiger partial charge in [0, 0.05) is 50.8 Å². The molecule has 0 nitrogen and oxygen atoms in total. The van der Waals surface area contributed by atoms with E-state index >= 15 is 0 Å². The number of thiophene rings is 4. The number of hydrogen-bond donors (Lipinski definition) is 0. The zero-order valence-electron chi connectivity index (χ0n) is 22.8. The Hall–Kier alpha value is -1.46. The first-order chi connectivity index (χ1) is 18.1. The molecule has 4 heteroatoms. The molecule has 2 atom stereocenters. The summed E-state index contributed by atoms with van der Waals surface area (Å²) in [5, 5.41) is 7.48. The molecule has 0 aliphatic carbocycles. The molecule has 4 heterocycles. The molecule has 0 spiro atoms. The van der Waals surface area contributed by atoms with Gasteiger partial charge in [-0.3, -0.25) is 0 Å². The van der Waals surface area contributed by atoms with Crippen molar-refractivity contribution in [3.8, 4) is 20.9 Å². The highest BCUT2D eigenvalue weighted by Crippen LogP contribution is 2.50. The van der Waals surface area contributed by atoms with Crippen LogP contribution in [0.25, 0.3) is 41.1 Å². The van der Waals surface area contributed by atoms with Gasteiger partial charge >= 0.3 is 0 Å². The molecule has 0 saturated heterocycles. The molecular weight excluding hydrogens is 525 g/mol. The third kappa shape index (κ3) is 5.93. The lowest BCUT2D eigenvalue weighted by Crippen LogP contribution is -2.01. The lowest BCUT2D eigenvalue weighted by atomic mass is 9.95. The Morgan fingerprint density at radius 3 is 1.73 bits per heavy atom. The Morgan fingerprint density at radius 2 is 1.19 bits per heavy atom. The quantitative estimate of drug-likeness (QED) is 0.133. The van der Waals surface area contributed by atoms with Crippen molar-refractivity contribution in [1.82, 2.24) is 0 Å². The highest BCUT2D eigenvalue weighted by molar-refractivity contribution is 7.22. The highest BCUT2D eigenvalue weighted by atomic mass is 32.1. The fourth-order valence-corrected chi connectivity index (χ4v) is 10.1. The molecule has 4 aromatic heterocycles. The van der Waals surface area contributed by atoms with Gasteiger partial charge in [0.25, 0.3) is 0 Å². The number of hydrogen-bond acceptors (Lipinski definition) is 4. The maximum Gasteiger partial charge on any atom is 0.0442 e. The SMILES string of the molecule is CCCCC(C)Cc1ccc(-c2c3ccsc3c(-c3ccc(CC(CC)CCCC)s3)c3ccsc23)s1. The minimum absolute atomic E-state index is 0.763. The maximum atomic E-state index is 2.42. The second kappa shape index (κ2) is 12.6. The zero-order valence-corrected chi connectivity index (χ0v) is 26.0. The van der Waals surface area contributed by atoms with Gasteiger partial charge in [-0.2, -0.15) is 0 Å². The molecule has 0 amide bonds.